The van der Waals surface area contributed by atoms with Crippen LogP contribution in [-0.4, -0.2) is 49.6 Å². The molecule has 0 fully saturated rings. The number of nitrogens with zero attached hydrogens (tertiary/aromatic N) is 1. The molecule has 2 aromatic carbocycles. The Morgan fingerprint density at radius 3 is 1.90 bits per heavy atom. The molecule has 0 aromatic heterocycles. The van der Waals surface area contributed by atoms with Crippen LogP contribution in [0.25, 0.3) is 5.57 Å². The Hall–Kier alpha value is -3.08. The van der Waals surface area contributed by atoms with Gasteiger partial charge in [0.15, 0.2) is 0 Å². The third-order valence-electron chi connectivity index (χ3n) is 6.80. The van der Waals surface area contributed by atoms with Crippen molar-refractivity contribution in [2.75, 3.05) is 26.2 Å². The van der Waals surface area contributed by atoms with Crippen molar-refractivity contribution in [1.82, 2.24) is 0 Å². The van der Waals surface area contributed by atoms with Crippen molar-refractivity contribution in [3.05, 3.63) is 73.2 Å². The van der Waals surface area contributed by atoms with E-state index in [0.717, 1.165) is 29.1 Å². The highest BCUT2D eigenvalue weighted by Gasteiger charge is 2.47. The molecular formula is C30H31NO6S3. The number of para-hydroxylation sites is 1. The first kappa shape index (κ1) is 29.9. The molecule has 2 aromatic rings. The molecule has 40 heavy (non-hydrogen) atoms. The van der Waals surface area contributed by atoms with Gasteiger partial charge in [-0.15, -0.1) is 0 Å². The molecule has 0 N–H and O–H groups in total. The number of amides is 1. The maximum Gasteiger partial charge on any atom is 0.346 e. The summed E-state index contributed by atoms with van der Waals surface area (Å²) in [6.45, 7) is 10.1. The number of hydrogen-bond donors (Lipinski definition) is 0. The van der Waals surface area contributed by atoms with Crippen molar-refractivity contribution in [2.24, 2.45) is 0 Å². The molecule has 0 bridgehead atoms. The van der Waals surface area contributed by atoms with Crippen molar-refractivity contribution in [2.45, 2.75) is 45.6 Å². The summed E-state index contributed by atoms with van der Waals surface area (Å²) in [6, 6.07) is 13.1. The second-order valence-corrected chi connectivity index (χ2v) is 13.4. The quantitative estimate of drug-likeness (QED) is 0.223. The minimum Gasteiger partial charge on any atom is -0.495 e. The van der Waals surface area contributed by atoms with Crippen LogP contribution in [0.2, 0.25) is 0 Å². The molecule has 0 radical (unpaired) electrons. The number of hydrogen-bond acceptors (Lipinski definition) is 9. The molecule has 1 amide bonds. The van der Waals surface area contributed by atoms with Crippen LogP contribution in [0.15, 0.2) is 56.5 Å². The summed E-state index contributed by atoms with van der Waals surface area (Å²) < 4.78 is 16.2. The normalized spacial score (nSPS) is 16.6. The lowest BCUT2D eigenvalue weighted by molar-refractivity contribution is -0.138. The average molecular weight is 598 g/mol. The number of fused-ring (bicyclic) bond motifs is 1. The van der Waals surface area contributed by atoms with E-state index in [4.69, 9.17) is 26.4 Å². The van der Waals surface area contributed by atoms with Gasteiger partial charge >= 0.3 is 11.9 Å². The predicted molar refractivity (Wildman–Crippen MR) is 165 cm³/mol. The summed E-state index contributed by atoms with van der Waals surface area (Å²) in [7, 11) is 4.06. The molecule has 7 nitrogen and oxygen atoms in total. The number of carbonyl (C=O) groups excluding carboxylic acids is 3. The number of ether oxygens (including phenoxy) is 3. The van der Waals surface area contributed by atoms with E-state index in [1.807, 2.05) is 50.2 Å². The SMILES string of the molecule is COC(=O)C1=C(C(=O)OC)SC(=C2C(=S)C(C)(C)N(C(=O)c3ccc(C(C)(C)C)cc3)c3c(OC)cccc32)S1. The van der Waals surface area contributed by atoms with Crippen molar-refractivity contribution >= 4 is 69.7 Å². The molecular weight excluding hydrogens is 567 g/mol. The van der Waals surface area contributed by atoms with Gasteiger partial charge in [0.25, 0.3) is 5.91 Å². The topological polar surface area (TPSA) is 82.1 Å². The van der Waals surface area contributed by atoms with Crippen molar-refractivity contribution < 1.29 is 28.6 Å². The second kappa shape index (κ2) is 11.1. The average Bonchev–Trinajstić information content (AvgIpc) is 3.37. The van der Waals surface area contributed by atoms with E-state index in [-0.39, 0.29) is 21.1 Å². The smallest absolute Gasteiger partial charge is 0.346 e. The Bertz CT molecular complexity index is 1450. The van der Waals surface area contributed by atoms with Gasteiger partial charge < -0.3 is 14.2 Å². The van der Waals surface area contributed by atoms with E-state index in [9.17, 15) is 14.4 Å². The number of benzene rings is 2. The zero-order valence-corrected chi connectivity index (χ0v) is 26.1. The zero-order valence-electron chi connectivity index (χ0n) is 23.7. The lowest BCUT2D eigenvalue weighted by atomic mass is 9.82. The van der Waals surface area contributed by atoms with Crippen LogP contribution in [0.1, 0.15) is 56.1 Å². The van der Waals surface area contributed by atoms with Gasteiger partial charge in [-0.3, -0.25) is 9.69 Å². The first-order valence-electron chi connectivity index (χ1n) is 12.5. The van der Waals surface area contributed by atoms with E-state index in [1.165, 1.54) is 14.2 Å². The fourth-order valence-corrected chi connectivity index (χ4v) is 7.62. The lowest BCUT2D eigenvalue weighted by Crippen LogP contribution is -2.56. The van der Waals surface area contributed by atoms with E-state index < -0.39 is 17.5 Å². The van der Waals surface area contributed by atoms with Crippen molar-refractivity contribution in [3.8, 4) is 5.75 Å². The number of anilines is 1. The van der Waals surface area contributed by atoms with Crippen LogP contribution in [-0.2, 0) is 24.5 Å². The van der Waals surface area contributed by atoms with E-state index in [0.29, 0.717) is 37.2 Å². The van der Waals surface area contributed by atoms with Crippen LogP contribution < -0.4 is 9.64 Å². The number of rotatable bonds is 4. The maximum atomic E-state index is 14.2. The van der Waals surface area contributed by atoms with Gasteiger partial charge in [0, 0.05) is 16.7 Å². The molecule has 4 rings (SSSR count). The zero-order chi connectivity index (χ0) is 29.6. The molecule has 2 heterocycles. The van der Waals surface area contributed by atoms with Gasteiger partial charge in [-0.2, -0.15) is 0 Å². The highest BCUT2D eigenvalue weighted by Crippen LogP contribution is 2.57. The number of methoxy groups -OCH3 is 3. The molecule has 0 unspecified atom stereocenters. The molecule has 2 aliphatic heterocycles. The van der Waals surface area contributed by atoms with Gasteiger partial charge in [-0.25, -0.2) is 9.59 Å². The molecule has 10 heteroatoms. The van der Waals surface area contributed by atoms with Gasteiger partial charge in [0.1, 0.15) is 15.6 Å². The first-order chi connectivity index (χ1) is 18.8. The van der Waals surface area contributed by atoms with Crippen LogP contribution in [0.4, 0.5) is 5.69 Å². The number of thiocarbonyl (C=S) groups is 1. The fourth-order valence-electron chi connectivity index (χ4n) is 4.58. The number of esters is 2. The highest BCUT2D eigenvalue weighted by molar-refractivity contribution is 8.29. The Morgan fingerprint density at radius 1 is 0.875 bits per heavy atom. The summed E-state index contributed by atoms with van der Waals surface area (Å²) in [5.41, 5.74) is 2.48. The van der Waals surface area contributed by atoms with Crippen LogP contribution >= 0.6 is 35.7 Å². The fraction of sp³-hybridized carbons (Fsp3) is 0.333. The molecule has 0 aliphatic carbocycles. The van der Waals surface area contributed by atoms with Gasteiger partial charge in [0.05, 0.1) is 41.7 Å². The largest absolute Gasteiger partial charge is 0.495 e. The Kier molecular flexibility index (Phi) is 8.27. The number of carbonyl (C=O) groups is 3. The van der Waals surface area contributed by atoms with Crippen LogP contribution in [0.3, 0.4) is 0 Å². The Balaban J connectivity index is 1.91. The summed E-state index contributed by atoms with van der Waals surface area (Å²) in [5.74, 6) is -1.02. The predicted octanol–water partition coefficient (Wildman–Crippen LogP) is 6.51. The molecule has 0 spiro atoms. The second-order valence-electron chi connectivity index (χ2n) is 10.7. The molecule has 2 aliphatic rings. The minimum absolute atomic E-state index is 0.0544. The van der Waals surface area contributed by atoms with Gasteiger partial charge in [-0.1, -0.05) is 80.8 Å². The lowest BCUT2D eigenvalue weighted by Gasteiger charge is -2.45. The monoisotopic (exact) mass is 597 g/mol. The first-order valence-corrected chi connectivity index (χ1v) is 14.5. The molecule has 0 saturated heterocycles. The minimum atomic E-state index is -0.973. The van der Waals surface area contributed by atoms with E-state index >= 15 is 0 Å². The van der Waals surface area contributed by atoms with Gasteiger partial charge in [0.2, 0.25) is 0 Å². The number of thioether (sulfide) groups is 2. The molecule has 210 valence electrons. The van der Waals surface area contributed by atoms with Crippen LogP contribution in [0, 0.1) is 0 Å². The molecule has 0 saturated carbocycles. The summed E-state index contributed by atoms with van der Waals surface area (Å²) in [5, 5.41) is 0. The summed E-state index contributed by atoms with van der Waals surface area (Å²) in [4.78, 5) is 41.7. The molecule has 0 atom stereocenters. The maximum absolute atomic E-state index is 14.2. The van der Waals surface area contributed by atoms with Crippen molar-refractivity contribution in [1.29, 1.82) is 0 Å². The summed E-state index contributed by atoms with van der Waals surface area (Å²) >= 11 is 8.28. The van der Waals surface area contributed by atoms with E-state index in [2.05, 4.69) is 20.8 Å². The Morgan fingerprint density at radius 2 is 1.43 bits per heavy atom. The van der Waals surface area contributed by atoms with Crippen molar-refractivity contribution in [3.63, 3.8) is 0 Å². The highest BCUT2D eigenvalue weighted by atomic mass is 32.2. The Labute approximate surface area is 248 Å². The van der Waals surface area contributed by atoms with E-state index in [1.54, 1.807) is 18.1 Å². The summed E-state index contributed by atoms with van der Waals surface area (Å²) in [6.07, 6.45) is 0. The van der Waals surface area contributed by atoms with Crippen LogP contribution in [0.5, 0.6) is 5.75 Å². The standard InChI is InChI=1S/C30H31NO6S3/c1-29(2,3)17-14-12-16(13-15-17)25(32)31-21-18(10-9-11-19(21)35-6)20(24(38)30(31,4)5)28-39-22(26(33)36-7)23(40-28)27(34)37-8/h9-15H,1-8H3. The third-order valence-corrected chi connectivity index (χ3v) is 10.1. The van der Waals surface area contributed by atoms with Gasteiger partial charge in [-0.05, 0) is 43.0 Å². The third kappa shape index (κ3) is 5.08.